The Morgan fingerprint density at radius 3 is 2.24 bits per heavy atom. The highest BCUT2D eigenvalue weighted by atomic mass is 16.3. The molecule has 138 valence electrons. The van der Waals surface area contributed by atoms with Gasteiger partial charge in [0, 0.05) is 16.3 Å². The van der Waals surface area contributed by atoms with E-state index in [1.54, 1.807) is 0 Å². The van der Waals surface area contributed by atoms with Crippen molar-refractivity contribution in [3.63, 3.8) is 0 Å². The third-order valence-electron chi connectivity index (χ3n) is 6.13. The normalized spacial score (nSPS) is 11.8. The van der Waals surface area contributed by atoms with Crippen molar-refractivity contribution in [2.24, 2.45) is 0 Å². The molecule has 0 aliphatic carbocycles. The van der Waals surface area contributed by atoms with E-state index in [4.69, 9.17) is 4.42 Å². The first-order chi connectivity index (χ1) is 14.2. The second-order valence-electron chi connectivity index (χ2n) is 7.91. The Labute approximate surface area is 169 Å². The van der Waals surface area contributed by atoms with Crippen molar-refractivity contribution in [2.45, 2.75) is 13.8 Å². The molecule has 0 radical (unpaired) electrons. The number of aryl methyl sites for hydroxylation is 2. The molecule has 0 amide bonds. The number of furan rings is 1. The van der Waals surface area contributed by atoms with Gasteiger partial charge >= 0.3 is 0 Å². The van der Waals surface area contributed by atoms with Crippen LogP contribution in [0.2, 0.25) is 0 Å². The molecule has 1 heteroatoms. The number of hydrogen-bond donors (Lipinski definition) is 0. The maximum Gasteiger partial charge on any atom is 0.143 e. The van der Waals surface area contributed by atoms with Crippen LogP contribution in [0.1, 0.15) is 11.1 Å². The predicted molar refractivity (Wildman–Crippen MR) is 124 cm³/mol. The Bertz CT molecular complexity index is 1570. The summed E-state index contributed by atoms with van der Waals surface area (Å²) in [7, 11) is 0. The maximum atomic E-state index is 6.49. The quantitative estimate of drug-likeness (QED) is 0.265. The smallest absolute Gasteiger partial charge is 0.143 e. The van der Waals surface area contributed by atoms with Gasteiger partial charge in [-0.25, -0.2) is 0 Å². The van der Waals surface area contributed by atoms with Gasteiger partial charge in [0.1, 0.15) is 11.2 Å². The molecule has 1 heterocycles. The van der Waals surface area contributed by atoms with Gasteiger partial charge in [-0.3, -0.25) is 0 Å². The monoisotopic (exact) mass is 372 g/mol. The summed E-state index contributed by atoms with van der Waals surface area (Å²) in [5.41, 5.74) is 6.87. The van der Waals surface area contributed by atoms with Crippen LogP contribution in [-0.2, 0) is 0 Å². The molecular formula is C28H20O. The predicted octanol–water partition coefficient (Wildman–Crippen LogP) is 8.18. The zero-order chi connectivity index (χ0) is 19.5. The van der Waals surface area contributed by atoms with Crippen molar-refractivity contribution in [1.29, 1.82) is 0 Å². The first kappa shape index (κ1) is 16.4. The van der Waals surface area contributed by atoms with Gasteiger partial charge < -0.3 is 4.42 Å². The topological polar surface area (TPSA) is 13.1 Å². The summed E-state index contributed by atoms with van der Waals surface area (Å²) in [6.45, 7) is 4.33. The summed E-state index contributed by atoms with van der Waals surface area (Å²) in [5.74, 6) is 0. The lowest BCUT2D eigenvalue weighted by atomic mass is 9.94. The molecule has 0 atom stereocenters. The van der Waals surface area contributed by atoms with Gasteiger partial charge in [-0.15, -0.1) is 0 Å². The molecule has 0 unspecified atom stereocenters. The second kappa shape index (κ2) is 5.96. The van der Waals surface area contributed by atoms with Gasteiger partial charge in [0.05, 0.1) is 0 Å². The minimum atomic E-state index is 0.947. The van der Waals surface area contributed by atoms with Crippen LogP contribution in [0.3, 0.4) is 0 Å². The molecule has 0 aliphatic rings. The lowest BCUT2D eigenvalue weighted by Crippen LogP contribution is -1.87. The van der Waals surface area contributed by atoms with Crippen molar-refractivity contribution < 1.29 is 4.42 Å². The van der Waals surface area contributed by atoms with Crippen molar-refractivity contribution in [2.75, 3.05) is 0 Å². The van der Waals surface area contributed by atoms with E-state index in [2.05, 4.69) is 98.8 Å². The van der Waals surface area contributed by atoms with Gasteiger partial charge in [0.15, 0.2) is 0 Å². The summed E-state index contributed by atoms with van der Waals surface area (Å²) in [5, 5.41) is 7.40. The van der Waals surface area contributed by atoms with Crippen LogP contribution in [0.5, 0.6) is 0 Å². The largest absolute Gasteiger partial charge is 0.455 e. The molecule has 29 heavy (non-hydrogen) atoms. The molecular weight excluding hydrogens is 352 g/mol. The molecule has 0 N–H and O–H groups in total. The second-order valence-corrected chi connectivity index (χ2v) is 7.91. The van der Waals surface area contributed by atoms with Crippen molar-refractivity contribution in [3.05, 3.63) is 96.1 Å². The zero-order valence-corrected chi connectivity index (χ0v) is 16.5. The summed E-state index contributed by atoms with van der Waals surface area (Å²) in [6, 6.07) is 30.4. The SMILES string of the molecule is Cc1ccccc1-c1c(C)ccc2c1oc1cc3ccc4ccccc4c3cc12. The molecule has 6 aromatic rings. The average molecular weight is 372 g/mol. The van der Waals surface area contributed by atoms with Gasteiger partial charge in [-0.05, 0) is 64.2 Å². The number of benzene rings is 5. The molecule has 0 spiro atoms. The molecule has 0 bridgehead atoms. The van der Waals surface area contributed by atoms with E-state index in [1.165, 1.54) is 54.6 Å². The van der Waals surface area contributed by atoms with Crippen LogP contribution in [0.4, 0.5) is 0 Å². The zero-order valence-electron chi connectivity index (χ0n) is 16.5. The van der Waals surface area contributed by atoms with Crippen LogP contribution in [0.25, 0.3) is 54.6 Å². The Balaban J connectivity index is 1.76. The van der Waals surface area contributed by atoms with Crippen LogP contribution in [0, 0.1) is 13.8 Å². The third-order valence-corrected chi connectivity index (χ3v) is 6.13. The number of fused-ring (bicyclic) bond motifs is 6. The van der Waals surface area contributed by atoms with Crippen molar-refractivity contribution >= 4 is 43.5 Å². The molecule has 0 aliphatic heterocycles. The highest BCUT2D eigenvalue weighted by Gasteiger charge is 2.16. The van der Waals surface area contributed by atoms with Crippen LogP contribution >= 0.6 is 0 Å². The van der Waals surface area contributed by atoms with Gasteiger partial charge in [0.2, 0.25) is 0 Å². The molecule has 6 rings (SSSR count). The van der Waals surface area contributed by atoms with E-state index in [0.717, 1.165) is 11.2 Å². The van der Waals surface area contributed by atoms with Gasteiger partial charge in [0.25, 0.3) is 0 Å². The first-order valence-electron chi connectivity index (χ1n) is 10.0. The highest BCUT2D eigenvalue weighted by molar-refractivity contribution is 6.18. The van der Waals surface area contributed by atoms with Crippen LogP contribution < -0.4 is 0 Å². The number of hydrogen-bond acceptors (Lipinski definition) is 1. The van der Waals surface area contributed by atoms with Crippen molar-refractivity contribution in [3.8, 4) is 11.1 Å². The van der Waals surface area contributed by atoms with E-state index in [0.29, 0.717) is 0 Å². The fourth-order valence-corrected chi connectivity index (χ4v) is 4.63. The van der Waals surface area contributed by atoms with Gasteiger partial charge in [-0.2, -0.15) is 0 Å². The van der Waals surface area contributed by atoms with E-state index in [1.807, 2.05) is 0 Å². The fourth-order valence-electron chi connectivity index (χ4n) is 4.63. The third kappa shape index (κ3) is 2.34. The first-order valence-corrected chi connectivity index (χ1v) is 10.0. The molecule has 0 saturated heterocycles. The molecule has 0 saturated carbocycles. The summed E-state index contributed by atoms with van der Waals surface area (Å²) < 4.78 is 6.49. The average Bonchev–Trinajstić information content (AvgIpc) is 3.10. The Morgan fingerprint density at radius 1 is 0.552 bits per heavy atom. The maximum absolute atomic E-state index is 6.49. The molecule has 1 nitrogen and oxygen atoms in total. The fraction of sp³-hybridized carbons (Fsp3) is 0.0714. The lowest BCUT2D eigenvalue weighted by molar-refractivity contribution is 0.670. The molecule has 1 aromatic heterocycles. The summed E-state index contributed by atoms with van der Waals surface area (Å²) in [4.78, 5) is 0. The van der Waals surface area contributed by atoms with E-state index >= 15 is 0 Å². The van der Waals surface area contributed by atoms with Crippen molar-refractivity contribution in [1.82, 2.24) is 0 Å². The van der Waals surface area contributed by atoms with Crippen LogP contribution in [0.15, 0.2) is 89.3 Å². The standard InChI is InChI=1S/C28H20O/c1-17-7-3-5-9-21(17)27-18(2)11-14-23-25-16-24-20(15-26(25)29-28(23)27)13-12-19-8-4-6-10-22(19)24/h3-16H,1-2H3. The Hall–Kier alpha value is -3.58. The Kier molecular flexibility index (Phi) is 3.36. The van der Waals surface area contributed by atoms with Crippen LogP contribution in [-0.4, -0.2) is 0 Å². The minimum Gasteiger partial charge on any atom is -0.455 e. The van der Waals surface area contributed by atoms with E-state index < -0.39 is 0 Å². The van der Waals surface area contributed by atoms with E-state index in [-0.39, 0.29) is 0 Å². The summed E-state index contributed by atoms with van der Waals surface area (Å²) >= 11 is 0. The highest BCUT2D eigenvalue weighted by Crippen LogP contribution is 2.40. The van der Waals surface area contributed by atoms with Gasteiger partial charge in [-0.1, -0.05) is 72.8 Å². The molecule has 0 fully saturated rings. The summed E-state index contributed by atoms with van der Waals surface area (Å²) in [6.07, 6.45) is 0. The number of rotatable bonds is 1. The van der Waals surface area contributed by atoms with E-state index in [9.17, 15) is 0 Å². The minimum absolute atomic E-state index is 0.947. The molecule has 5 aromatic carbocycles. The Morgan fingerprint density at radius 2 is 1.34 bits per heavy atom. The lowest BCUT2D eigenvalue weighted by Gasteiger charge is -2.09.